The van der Waals surface area contributed by atoms with E-state index in [1.54, 1.807) is 18.2 Å². The molecule has 0 aliphatic carbocycles. The van der Waals surface area contributed by atoms with Gasteiger partial charge in [-0.1, -0.05) is 59.1 Å². The van der Waals surface area contributed by atoms with E-state index < -0.39 is 10.1 Å². The quantitative estimate of drug-likeness (QED) is 0.300. The first-order chi connectivity index (χ1) is 12.2. The van der Waals surface area contributed by atoms with Crippen LogP contribution >= 0.6 is 34.8 Å². The molecular weight excluding hydrogens is 421 g/mol. The molecule has 0 aromatic heterocycles. The molecule has 0 amide bonds. The van der Waals surface area contributed by atoms with Crippen molar-refractivity contribution in [3.8, 4) is 0 Å². The third-order valence-corrected chi connectivity index (χ3v) is 5.23. The van der Waals surface area contributed by atoms with Crippen LogP contribution in [0, 0.1) is 0 Å². The summed E-state index contributed by atoms with van der Waals surface area (Å²) in [5.74, 6) is 0. The molecule has 3 aromatic rings. The number of nitrogens with zero attached hydrogens (tertiary/aromatic N) is 2. The number of benzene rings is 3. The van der Waals surface area contributed by atoms with Crippen LogP contribution in [-0.2, 0) is 10.1 Å². The standard InChI is InChI=1S/C16H10Cl3N3O3S/c17-8-5-11(18)16(12(19)6-8)22-21-13-7-14(26(23,24)25)9-3-1-2-4-10(9)15(13)20/h1-7H,20H2,(H,23,24,25). The lowest BCUT2D eigenvalue weighted by molar-refractivity contribution is 0.484. The van der Waals surface area contributed by atoms with Crippen LogP contribution in [-0.4, -0.2) is 13.0 Å². The number of hydrogen-bond donors (Lipinski definition) is 2. The molecule has 0 saturated carbocycles. The minimum absolute atomic E-state index is 0.0402. The maximum Gasteiger partial charge on any atom is 0.295 e. The van der Waals surface area contributed by atoms with Crippen molar-refractivity contribution < 1.29 is 13.0 Å². The molecule has 3 rings (SSSR count). The van der Waals surface area contributed by atoms with Gasteiger partial charge in [0.05, 0.1) is 15.7 Å². The predicted octanol–water partition coefficient (Wildman–Crippen LogP) is 6.04. The van der Waals surface area contributed by atoms with Crippen molar-refractivity contribution in [3.63, 3.8) is 0 Å². The lowest BCUT2D eigenvalue weighted by Gasteiger charge is -2.09. The van der Waals surface area contributed by atoms with Gasteiger partial charge in [0.2, 0.25) is 0 Å². The molecule has 3 aromatic carbocycles. The second-order valence-electron chi connectivity index (χ2n) is 5.25. The van der Waals surface area contributed by atoms with E-state index in [1.807, 2.05) is 0 Å². The highest BCUT2D eigenvalue weighted by atomic mass is 35.5. The fourth-order valence-corrected chi connectivity index (χ4v) is 3.99. The molecular formula is C16H10Cl3N3O3S. The van der Waals surface area contributed by atoms with Gasteiger partial charge in [0, 0.05) is 15.8 Å². The first-order valence-corrected chi connectivity index (χ1v) is 9.61. The molecule has 0 bridgehead atoms. The Morgan fingerprint density at radius 2 is 1.50 bits per heavy atom. The third kappa shape index (κ3) is 3.62. The van der Waals surface area contributed by atoms with Crippen LogP contribution in [0.25, 0.3) is 10.8 Å². The molecule has 0 spiro atoms. The van der Waals surface area contributed by atoms with Crippen molar-refractivity contribution in [1.29, 1.82) is 0 Å². The smallest absolute Gasteiger partial charge is 0.295 e. The summed E-state index contributed by atoms with van der Waals surface area (Å²) in [6.07, 6.45) is 0. The second kappa shape index (κ2) is 7.02. The van der Waals surface area contributed by atoms with E-state index in [9.17, 15) is 13.0 Å². The Kier molecular flexibility index (Phi) is 5.09. The zero-order valence-electron chi connectivity index (χ0n) is 12.8. The van der Waals surface area contributed by atoms with Crippen molar-refractivity contribution >= 4 is 72.8 Å². The van der Waals surface area contributed by atoms with Gasteiger partial charge in [0.1, 0.15) is 16.3 Å². The van der Waals surface area contributed by atoms with Crippen molar-refractivity contribution in [3.05, 3.63) is 57.5 Å². The summed E-state index contributed by atoms with van der Waals surface area (Å²) in [4.78, 5) is -0.329. The highest BCUT2D eigenvalue weighted by Gasteiger charge is 2.18. The summed E-state index contributed by atoms with van der Waals surface area (Å²) in [5, 5.41) is 9.26. The Labute approximate surface area is 163 Å². The first-order valence-electron chi connectivity index (χ1n) is 7.03. The summed E-state index contributed by atoms with van der Waals surface area (Å²) in [7, 11) is -4.50. The van der Waals surface area contributed by atoms with E-state index in [4.69, 9.17) is 40.5 Å². The van der Waals surface area contributed by atoms with Crippen LogP contribution in [0.2, 0.25) is 15.1 Å². The van der Waals surface area contributed by atoms with E-state index in [0.717, 1.165) is 6.07 Å². The highest BCUT2D eigenvalue weighted by Crippen LogP contribution is 2.40. The van der Waals surface area contributed by atoms with E-state index in [-0.39, 0.29) is 37.4 Å². The molecule has 0 unspecified atom stereocenters. The van der Waals surface area contributed by atoms with Gasteiger partial charge in [-0.05, 0) is 18.2 Å². The number of fused-ring (bicyclic) bond motifs is 1. The predicted molar refractivity (Wildman–Crippen MR) is 104 cm³/mol. The van der Waals surface area contributed by atoms with Crippen LogP contribution in [0.15, 0.2) is 57.6 Å². The van der Waals surface area contributed by atoms with E-state index in [1.165, 1.54) is 18.2 Å². The van der Waals surface area contributed by atoms with Crippen molar-refractivity contribution in [2.24, 2.45) is 10.2 Å². The number of nitrogens with two attached hydrogens (primary N) is 1. The largest absolute Gasteiger partial charge is 0.396 e. The minimum atomic E-state index is -4.50. The average molecular weight is 431 g/mol. The number of hydrogen-bond acceptors (Lipinski definition) is 5. The molecule has 10 heteroatoms. The summed E-state index contributed by atoms with van der Waals surface area (Å²) >= 11 is 17.9. The summed E-state index contributed by atoms with van der Waals surface area (Å²) in [5.41, 5.74) is 6.46. The Morgan fingerprint density at radius 1 is 0.923 bits per heavy atom. The first kappa shape index (κ1) is 18.9. The molecule has 0 aliphatic heterocycles. The molecule has 134 valence electrons. The van der Waals surface area contributed by atoms with Gasteiger partial charge < -0.3 is 5.73 Å². The summed E-state index contributed by atoms with van der Waals surface area (Å²) in [6, 6.07) is 10.5. The molecule has 0 atom stereocenters. The lowest BCUT2D eigenvalue weighted by atomic mass is 10.1. The molecule has 0 radical (unpaired) electrons. The van der Waals surface area contributed by atoms with E-state index >= 15 is 0 Å². The van der Waals surface area contributed by atoms with Gasteiger partial charge in [0.15, 0.2) is 0 Å². The second-order valence-corrected chi connectivity index (χ2v) is 7.89. The zero-order chi connectivity index (χ0) is 19.1. The minimum Gasteiger partial charge on any atom is -0.396 e. The molecule has 26 heavy (non-hydrogen) atoms. The normalized spacial score (nSPS) is 12.2. The van der Waals surface area contributed by atoms with Crippen molar-refractivity contribution in [2.45, 2.75) is 4.90 Å². The zero-order valence-corrected chi connectivity index (χ0v) is 15.9. The summed E-state index contributed by atoms with van der Waals surface area (Å²) in [6.45, 7) is 0. The third-order valence-electron chi connectivity index (χ3n) is 3.54. The molecule has 0 saturated heterocycles. The molecule has 3 N–H and O–H groups in total. The SMILES string of the molecule is Nc1c(N=Nc2c(Cl)cc(Cl)cc2Cl)cc(S(=O)(=O)O)c2ccccc12. The van der Waals surface area contributed by atoms with Crippen LogP contribution in [0.3, 0.4) is 0 Å². The number of azo groups is 1. The fourth-order valence-electron chi connectivity index (χ4n) is 2.38. The van der Waals surface area contributed by atoms with Gasteiger partial charge in [-0.25, -0.2) is 0 Å². The number of nitrogen functional groups attached to an aromatic ring is 1. The fraction of sp³-hybridized carbons (Fsp3) is 0. The van der Waals surface area contributed by atoms with Gasteiger partial charge in [-0.3, -0.25) is 4.55 Å². The Hall–Kier alpha value is -1.90. The molecule has 6 nitrogen and oxygen atoms in total. The van der Waals surface area contributed by atoms with Crippen LogP contribution in [0.1, 0.15) is 0 Å². The van der Waals surface area contributed by atoms with Crippen molar-refractivity contribution in [1.82, 2.24) is 0 Å². The van der Waals surface area contributed by atoms with Gasteiger partial charge in [0.25, 0.3) is 10.1 Å². The van der Waals surface area contributed by atoms with Gasteiger partial charge in [-0.15, -0.1) is 10.2 Å². The maximum atomic E-state index is 11.7. The molecule has 0 aliphatic rings. The van der Waals surface area contributed by atoms with E-state index in [0.29, 0.717) is 10.4 Å². The van der Waals surface area contributed by atoms with Crippen molar-refractivity contribution in [2.75, 3.05) is 5.73 Å². The Morgan fingerprint density at radius 3 is 2.08 bits per heavy atom. The lowest BCUT2D eigenvalue weighted by Crippen LogP contribution is -2.01. The van der Waals surface area contributed by atoms with Crippen LogP contribution in [0.5, 0.6) is 0 Å². The maximum absolute atomic E-state index is 11.7. The monoisotopic (exact) mass is 429 g/mol. The van der Waals surface area contributed by atoms with Crippen LogP contribution in [0.4, 0.5) is 17.1 Å². The highest BCUT2D eigenvalue weighted by molar-refractivity contribution is 7.86. The van der Waals surface area contributed by atoms with Crippen LogP contribution < -0.4 is 5.73 Å². The topological polar surface area (TPSA) is 105 Å². The summed E-state index contributed by atoms with van der Waals surface area (Å²) < 4.78 is 32.9. The van der Waals surface area contributed by atoms with E-state index in [2.05, 4.69) is 10.2 Å². The number of halogens is 3. The average Bonchev–Trinajstić information content (AvgIpc) is 2.54. The molecule has 0 heterocycles. The van der Waals surface area contributed by atoms with Gasteiger partial charge in [-0.2, -0.15) is 8.42 Å². The van der Waals surface area contributed by atoms with Gasteiger partial charge >= 0.3 is 0 Å². The Bertz CT molecular complexity index is 1140. The molecule has 0 fully saturated rings. The number of anilines is 1. The Balaban J connectivity index is 2.22. The number of rotatable bonds is 3.